The number of likely N-dealkylation sites (tertiary alicyclic amines) is 1. The number of aromatic amines is 1. The molecule has 4 nitrogen and oxygen atoms in total. The van der Waals surface area contributed by atoms with Crippen LogP contribution < -0.4 is 0 Å². The second-order valence-corrected chi connectivity index (χ2v) is 5.72. The van der Waals surface area contributed by atoms with E-state index in [0.717, 1.165) is 30.5 Å². The highest BCUT2D eigenvalue weighted by molar-refractivity contribution is 6.31. The highest BCUT2D eigenvalue weighted by Crippen LogP contribution is 2.28. The number of nitrogens with zero attached hydrogens (tertiary/aromatic N) is 2. The van der Waals surface area contributed by atoms with E-state index in [-0.39, 0.29) is 11.5 Å². The summed E-state index contributed by atoms with van der Waals surface area (Å²) in [7, 11) is 0. The molecule has 22 heavy (non-hydrogen) atoms. The second kappa shape index (κ2) is 6.04. The number of hydrogen-bond acceptors (Lipinski definition) is 2. The summed E-state index contributed by atoms with van der Waals surface area (Å²) < 4.78 is 27.2. The largest absolute Gasteiger partial charge is 0.338 e. The molecule has 1 atom stereocenters. The van der Waals surface area contributed by atoms with Crippen LogP contribution in [0, 0.1) is 11.6 Å². The van der Waals surface area contributed by atoms with E-state index in [1.807, 2.05) is 0 Å². The second-order valence-electron chi connectivity index (χ2n) is 5.34. The summed E-state index contributed by atoms with van der Waals surface area (Å²) in [6.07, 6.45) is 5.29. The zero-order valence-electron chi connectivity index (χ0n) is 11.7. The lowest BCUT2D eigenvalue weighted by molar-refractivity contribution is 0.0702. The molecule has 2 aromatic rings. The Bertz CT molecular complexity index is 690. The fourth-order valence-electron chi connectivity index (χ4n) is 2.78. The van der Waals surface area contributed by atoms with Crippen LogP contribution in [0.25, 0.3) is 0 Å². The minimum atomic E-state index is -1.00. The van der Waals surface area contributed by atoms with Gasteiger partial charge in [-0.1, -0.05) is 11.6 Å². The van der Waals surface area contributed by atoms with Crippen molar-refractivity contribution in [3.63, 3.8) is 0 Å². The van der Waals surface area contributed by atoms with Crippen LogP contribution in [0.15, 0.2) is 24.5 Å². The zero-order chi connectivity index (χ0) is 15.7. The lowest BCUT2D eigenvalue weighted by Crippen LogP contribution is -2.39. The average molecular weight is 326 g/mol. The maximum absolute atomic E-state index is 14.0. The van der Waals surface area contributed by atoms with Crippen LogP contribution in [-0.4, -0.2) is 34.1 Å². The van der Waals surface area contributed by atoms with E-state index in [2.05, 4.69) is 10.2 Å². The molecule has 0 aliphatic carbocycles. The summed E-state index contributed by atoms with van der Waals surface area (Å²) in [4.78, 5) is 14.1. The molecule has 0 unspecified atom stereocenters. The Labute approximate surface area is 131 Å². The molecule has 1 fully saturated rings. The normalized spacial score (nSPS) is 18.5. The van der Waals surface area contributed by atoms with Gasteiger partial charge in [0.25, 0.3) is 5.91 Å². The molecule has 1 saturated heterocycles. The van der Waals surface area contributed by atoms with E-state index >= 15 is 0 Å². The van der Waals surface area contributed by atoms with Crippen molar-refractivity contribution in [3.8, 4) is 0 Å². The van der Waals surface area contributed by atoms with Crippen LogP contribution in [0.4, 0.5) is 8.78 Å². The van der Waals surface area contributed by atoms with Crippen molar-refractivity contribution in [3.05, 3.63) is 52.3 Å². The number of aromatic nitrogens is 2. The fourth-order valence-corrected chi connectivity index (χ4v) is 2.94. The Kier molecular flexibility index (Phi) is 4.11. The van der Waals surface area contributed by atoms with Crippen LogP contribution in [0.1, 0.15) is 34.7 Å². The van der Waals surface area contributed by atoms with Crippen LogP contribution in [0.2, 0.25) is 5.02 Å². The molecule has 0 spiro atoms. The van der Waals surface area contributed by atoms with Crippen molar-refractivity contribution >= 4 is 17.5 Å². The van der Waals surface area contributed by atoms with Crippen molar-refractivity contribution in [2.45, 2.75) is 18.8 Å². The number of piperidine rings is 1. The third-order valence-electron chi connectivity index (χ3n) is 3.96. The smallest absolute Gasteiger partial charge is 0.256 e. The first-order valence-electron chi connectivity index (χ1n) is 6.99. The number of nitrogens with one attached hydrogen (secondary N) is 1. The molecule has 1 aliphatic rings. The summed E-state index contributed by atoms with van der Waals surface area (Å²) in [6, 6.07) is 2.15. The molecular formula is C15H14ClF2N3O. The van der Waals surface area contributed by atoms with E-state index < -0.39 is 22.6 Å². The van der Waals surface area contributed by atoms with E-state index in [9.17, 15) is 13.6 Å². The van der Waals surface area contributed by atoms with Gasteiger partial charge in [0.05, 0.1) is 11.8 Å². The topological polar surface area (TPSA) is 49.0 Å². The summed E-state index contributed by atoms with van der Waals surface area (Å²) >= 11 is 5.54. The molecule has 0 radical (unpaired) electrons. The highest BCUT2D eigenvalue weighted by atomic mass is 35.5. The number of halogens is 3. The fraction of sp³-hybridized carbons (Fsp3) is 0.333. The van der Waals surface area contributed by atoms with Gasteiger partial charge in [0.1, 0.15) is 10.8 Å². The molecule has 0 saturated carbocycles. The lowest BCUT2D eigenvalue weighted by Gasteiger charge is -2.32. The number of H-pyrrole nitrogens is 1. The van der Waals surface area contributed by atoms with E-state index in [1.54, 1.807) is 17.3 Å². The molecule has 1 aromatic carbocycles. The number of carbonyl (C=O) groups excluding carboxylic acids is 1. The van der Waals surface area contributed by atoms with Crippen molar-refractivity contribution in [2.75, 3.05) is 13.1 Å². The molecule has 7 heteroatoms. The Hall–Kier alpha value is -1.95. The van der Waals surface area contributed by atoms with Gasteiger partial charge in [-0.25, -0.2) is 8.78 Å². The van der Waals surface area contributed by atoms with Crippen LogP contribution in [0.5, 0.6) is 0 Å². The zero-order valence-corrected chi connectivity index (χ0v) is 12.4. The molecule has 116 valence electrons. The number of benzene rings is 1. The van der Waals surface area contributed by atoms with Crippen molar-refractivity contribution in [2.24, 2.45) is 0 Å². The summed E-state index contributed by atoms with van der Waals surface area (Å²) in [5, 5.41) is 6.02. The standard InChI is InChI=1S/C15H14ClF2N3O/c16-13-12(17)4-3-11(14(13)18)15(22)21-5-1-2-9(8-21)10-6-19-20-7-10/h3-4,6-7,9H,1-2,5,8H2,(H,19,20)/t9-/m1/s1. The summed E-state index contributed by atoms with van der Waals surface area (Å²) in [5.41, 5.74) is 0.828. The van der Waals surface area contributed by atoms with Gasteiger partial charge in [-0.05, 0) is 30.5 Å². The van der Waals surface area contributed by atoms with Gasteiger partial charge >= 0.3 is 0 Å². The first kappa shape index (κ1) is 15.0. The maximum atomic E-state index is 14.0. The van der Waals surface area contributed by atoms with Gasteiger partial charge < -0.3 is 4.90 Å². The molecule has 1 aromatic heterocycles. The number of carbonyl (C=O) groups is 1. The van der Waals surface area contributed by atoms with Crippen LogP contribution >= 0.6 is 11.6 Å². The van der Waals surface area contributed by atoms with Crippen molar-refractivity contribution < 1.29 is 13.6 Å². The minimum Gasteiger partial charge on any atom is -0.338 e. The SMILES string of the molecule is O=C(c1ccc(F)c(Cl)c1F)N1CCC[C@@H](c2cn[nH]c2)C1. The molecule has 1 N–H and O–H groups in total. The quantitative estimate of drug-likeness (QED) is 0.861. The minimum absolute atomic E-state index is 0.162. The molecule has 2 heterocycles. The predicted octanol–water partition coefficient (Wildman–Crippen LogP) is 3.36. The van der Waals surface area contributed by atoms with E-state index in [4.69, 9.17) is 11.6 Å². The molecular weight excluding hydrogens is 312 g/mol. The first-order valence-corrected chi connectivity index (χ1v) is 7.37. The molecule has 1 aliphatic heterocycles. The lowest BCUT2D eigenvalue weighted by atomic mass is 9.92. The molecule has 3 rings (SSSR count). The van der Waals surface area contributed by atoms with E-state index in [0.29, 0.717) is 13.1 Å². The number of amides is 1. The molecule has 1 amide bonds. The Morgan fingerprint density at radius 3 is 2.95 bits per heavy atom. The summed E-state index contributed by atoms with van der Waals surface area (Å²) in [6.45, 7) is 1.02. The third-order valence-corrected chi connectivity index (χ3v) is 4.31. The van der Waals surface area contributed by atoms with Gasteiger partial charge in [-0.15, -0.1) is 0 Å². The summed E-state index contributed by atoms with van der Waals surface area (Å²) in [5.74, 6) is -2.18. The monoisotopic (exact) mass is 325 g/mol. The number of rotatable bonds is 2. The van der Waals surface area contributed by atoms with Crippen molar-refractivity contribution in [1.82, 2.24) is 15.1 Å². The Morgan fingerprint density at radius 1 is 1.41 bits per heavy atom. The maximum Gasteiger partial charge on any atom is 0.256 e. The van der Waals surface area contributed by atoms with Crippen LogP contribution in [-0.2, 0) is 0 Å². The van der Waals surface area contributed by atoms with Crippen molar-refractivity contribution in [1.29, 1.82) is 0 Å². The van der Waals surface area contributed by atoms with Crippen LogP contribution in [0.3, 0.4) is 0 Å². The Morgan fingerprint density at radius 2 is 2.23 bits per heavy atom. The highest BCUT2D eigenvalue weighted by Gasteiger charge is 2.28. The number of hydrogen-bond donors (Lipinski definition) is 1. The van der Waals surface area contributed by atoms with Gasteiger partial charge in [0.15, 0.2) is 5.82 Å². The predicted molar refractivity (Wildman–Crippen MR) is 77.8 cm³/mol. The first-order chi connectivity index (χ1) is 10.6. The van der Waals surface area contributed by atoms with E-state index in [1.165, 1.54) is 0 Å². The van der Waals surface area contributed by atoms with Gasteiger partial charge in [0.2, 0.25) is 0 Å². The molecule has 0 bridgehead atoms. The van der Waals surface area contributed by atoms with Gasteiger partial charge in [-0.2, -0.15) is 5.10 Å². The Balaban J connectivity index is 1.82. The average Bonchev–Trinajstić information content (AvgIpc) is 3.07. The van der Waals surface area contributed by atoms with Gasteiger partial charge in [0, 0.05) is 25.2 Å². The third kappa shape index (κ3) is 2.70. The van der Waals surface area contributed by atoms with Gasteiger partial charge in [-0.3, -0.25) is 9.89 Å².